The third-order valence-electron chi connectivity index (χ3n) is 3.46. The van der Waals surface area contributed by atoms with Gasteiger partial charge >= 0.3 is 11.7 Å². The van der Waals surface area contributed by atoms with E-state index in [-0.39, 0.29) is 23.8 Å². The highest BCUT2D eigenvalue weighted by Gasteiger charge is 2.19. The van der Waals surface area contributed by atoms with E-state index in [1.807, 2.05) is 13.8 Å². The Morgan fingerprint density at radius 1 is 1.38 bits per heavy atom. The fourth-order valence-corrected chi connectivity index (χ4v) is 2.39. The number of hydrogen-bond acceptors (Lipinski definition) is 6. The second-order valence-electron chi connectivity index (χ2n) is 5.97. The lowest BCUT2D eigenvalue weighted by Gasteiger charge is -2.26. The predicted octanol–water partition coefficient (Wildman–Crippen LogP) is 0.0924. The number of carbonyl (C=O) groups is 1. The molecule has 1 aromatic rings. The number of hydrogen-bond donors (Lipinski definition) is 3. The number of nitrogens with two attached hydrogens (primary N) is 1. The number of carboxylic acid groups (broad SMARTS) is 1. The van der Waals surface area contributed by atoms with Crippen LogP contribution in [0.5, 0.6) is 0 Å². The van der Waals surface area contributed by atoms with E-state index in [0.717, 1.165) is 0 Å². The highest BCUT2D eigenvalue weighted by atomic mass is 16.5. The Hall–Kier alpha value is -2.29. The lowest BCUT2D eigenvalue weighted by molar-refractivity contribution is -0.137. The van der Waals surface area contributed by atoms with Gasteiger partial charge in [-0.05, 0) is 12.3 Å². The van der Waals surface area contributed by atoms with Crippen LogP contribution in [0.3, 0.4) is 0 Å². The molecule has 24 heavy (non-hydrogen) atoms. The van der Waals surface area contributed by atoms with E-state index >= 15 is 0 Å². The molecule has 0 amide bonds. The van der Waals surface area contributed by atoms with Gasteiger partial charge in [0, 0.05) is 33.2 Å². The van der Waals surface area contributed by atoms with Crippen molar-refractivity contribution in [1.29, 1.82) is 0 Å². The Kier molecular flexibility index (Phi) is 7.50. The van der Waals surface area contributed by atoms with E-state index in [1.54, 1.807) is 4.90 Å². The molecule has 9 heteroatoms. The zero-order chi connectivity index (χ0) is 18.3. The molecule has 0 spiro atoms. The van der Waals surface area contributed by atoms with Crippen LogP contribution < -0.4 is 21.9 Å². The van der Waals surface area contributed by atoms with Gasteiger partial charge in [-0.1, -0.05) is 13.8 Å². The molecule has 0 aromatic carbocycles. The molecule has 0 aliphatic heterocycles. The molecular weight excluding hydrogens is 316 g/mol. The SMILES string of the molecule is COCCN(CCCC(=O)O)c1c(N)n(CC(C)C)c(=O)[nH]c1=O. The smallest absolute Gasteiger partial charge is 0.330 e. The van der Waals surface area contributed by atoms with Crippen LogP contribution in [0.2, 0.25) is 0 Å². The van der Waals surface area contributed by atoms with Crippen LogP contribution in [0.4, 0.5) is 11.5 Å². The first-order valence-electron chi connectivity index (χ1n) is 7.86. The molecule has 0 aliphatic carbocycles. The van der Waals surface area contributed by atoms with E-state index in [2.05, 4.69) is 4.98 Å². The molecule has 9 nitrogen and oxygen atoms in total. The highest BCUT2D eigenvalue weighted by Crippen LogP contribution is 2.18. The van der Waals surface area contributed by atoms with Crippen molar-refractivity contribution in [2.24, 2.45) is 5.92 Å². The van der Waals surface area contributed by atoms with E-state index < -0.39 is 17.2 Å². The molecule has 0 atom stereocenters. The van der Waals surface area contributed by atoms with Crippen LogP contribution in [0.15, 0.2) is 9.59 Å². The Morgan fingerprint density at radius 3 is 2.58 bits per heavy atom. The first kappa shape index (κ1) is 19.8. The van der Waals surface area contributed by atoms with Crippen molar-refractivity contribution in [2.45, 2.75) is 33.2 Å². The second kappa shape index (κ2) is 9.11. The van der Waals surface area contributed by atoms with E-state index in [4.69, 9.17) is 15.6 Å². The average Bonchev–Trinajstić information content (AvgIpc) is 2.47. The summed E-state index contributed by atoms with van der Waals surface area (Å²) in [6, 6.07) is 0. The maximum absolute atomic E-state index is 12.3. The topological polar surface area (TPSA) is 131 Å². The minimum absolute atomic E-state index is 0.0209. The second-order valence-corrected chi connectivity index (χ2v) is 5.97. The number of methoxy groups -OCH3 is 1. The van der Waals surface area contributed by atoms with Crippen LogP contribution in [0, 0.1) is 5.92 Å². The third-order valence-corrected chi connectivity index (χ3v) is 3.46. The zero-order valence-corrected chi connectivity index (χ0v) is 14.4. The average molecular weight is 342 g/mol. The third kappa shape index (κ3) is 5.41. The highest BCUT2D eigenvalue weighted by molar-refractivity contribution is 5.67. The van der Waals surface area contributed by atoms with Gasteiger partial charge in [0.15, 0.2) is 0 Å². The minimum Gasteiger partial charge on any atom is -0.481 e. The van der Waals surface area contributed by atoms with Crippen molar-refractivity contribution >= 4 is 17.5 Å². The molecule has 0 unspecified atom stereocenters. The van der Waals surface area contributed by atoms with Crippen molar-refractivity contribution in [1.82, 2.24) is 9.55 Å². The maximum Gasteiger partial charge on any atom is 0.330 e. The molecule has 4 N–H and O–H groups in total. The summed E-state index contributed by atoms with van der Waals surface area (Å²) in [6.07, 6.45) is 0.328. The molecule has 136 valence electrons. The predicted molar refractivity (Wildman–Crippen MR) is 91.5 cm³/mol. The molecule has 0 saturated carbocycles. The maximum atomic E-state index is 12.3. The first-order valence-corrected chi connectivity index (χ1v) is 7.86. The summed E-state index contributed by atoms with van der Waals surface area (Å²) in [6.45, 7) is 5.28. The normalized spacial score (nSPS) is 11.0. The van der Waals surface area contributed by atoms with Crippen molar-refractivity contribution < 1.29 is 14.6 Å². The largest absolute Gasteiger partial charge is 0.481 e. The number of aromatic amines is 1. The van der Waals surface area contributed by atoms with Crippen molar-refractivity contribution in [3.8, 4) is 0 Å². The van der Waals surface area contributed by atoms with Gasteiger partial charge in [0.05, 0.1) is 6.61 Å². The zero-order valence-electron chi connectivity index (χ0n) is 14.4. The van der Waals surface area contributed by atoms with E-state index in [9.17, 15) is 14.4 Å². The monoisotopic (exact) mass is 342 g/mol. The molecule has 0 bridgehead atoms. The van der Waals surface area contributed by atoms with Gasteiger partial charge in [0.2, 0.25) is 0 Å². The summed E-state index contributed by atoms with van der Waals surface area (Å²) in [5.41, 5.74) is 5.13. The van der Waals surface area contributed by atoms with E-state index in [0.29, 0.717) is 32.7 Å². The first-order chi connectivity index (χ1) is 11.3. The van der Waals surface area contributed by atoms with Crippen LogP contribution in [-0.2, 0) is 16.1 Å². The molecule has 1 aromatic heterocycles. The van der Waals surface area contributed by atoms with Crippen LogP contribution >= 0.6 is 0 Å². The molecule has 0 aliphatic rings. The van der Waals surface area contributed by atoms with Crippen LogP contribution in [0.1, 0.15) is 26.7 Å². The number of carboxylic acids is 1. The van der Waals surface area contributed by atoms with Gasteiger partial charge < -0.3 is 20.5 Å². The number of nitrogen functional groups attached to an aromatic ring is 1. The lowest BCUT2D eigenvalue weighted by Crippen LogP contribution is -2.40. The molecule has 0 radical (unpaired) electrons. The van der Waals surface area contributed by atoms with Gasteiger partial charge in [-0.2, -0.15) is 0 Å². The Balaban J connectivity index is 3.21. The Labute approximate surface area is 140 Å². The quantitative estimate of drug-likeness (QED) is 0.549. The van der Waals surface area contributed by atoms with Crippen molar-refractivity contribution in [2.75, 3.05) is 37.4 Å². The Morgan fingerprint density at radius 2 is 2.04 bits per heavy atom. The van der Waals surface area contributed by atoms with Crippen molar-refractivity contribution in [3.63, 3.8) is 0 Å². The van der Waals surface area contributed by atoms with Gasteiger partial charge in [0.1, 0.15) is 11.5 Å². The van der Waals surface area contributed by atoms with E-state index in [1.165, 1.54) is 11.7 Å². The number of H-pyrrole nitrogens is 1. The van der Waals surface area contributed by atoms with Gasteiger partial charge in [-0.15, -0.1) is 0 Å². The molecule has 0 saturated heterocycles. The number of anilines is 2. The van der Waals surface area contributed by atoms with Gasteiger partial charge in [-0.3, -0.25) is 19.1 Å². The van der Waals surface area contributed by atoms with Gasteiger partial charge in [-0.25, -0.2) is 4.79 Å². The van der Waals surface area contributed by atoms with Crippen LogP contribution in [-0.4, -0.2) is 47.4 Å². The summed E-state index contributed by atoms with van der Waals surface area (Å²) in [5.74, 6) is -0.652. The summed E-state index contributed by atoms with van der Waals surface area (Å²) in [5, 5.41) is 8.78. The van der Waals surface area contributed by atoms with Crippen LogP contribution in [0.25, 0.3) is 0 Å². The Bertz CT molecular complexity index is 665. The van der Waals surface area contributed by atoms with Crippen molar-refractivity contribution in [3.05, 3.63) is 20.8 Å². The standard InChI is InChI=1S/C15H26N4O5/c1-10(2)9-19-13(16)12(14(22)17-15(19)23)18(7-8-24-3)6-4-5-11(20)21/h10H,4-9,16H2,1-3H3,(H,20,21)(H,17,22,23). The number of nitrogens with zero attached hydrogens (tertiary/aromatic N) is 2. The minimum atomic E-state index is -0.909. The number of rotatable bonds is 10. The summed E-state index contributed by atoms with van der Waals surface area (Å²) >= 11 is 0. The molecular formula is C15H26N4O5. The number of nitrogens with one attached hydrogen (secondary N) is 1. The number of aromatic nitrogens is 2. The summed E-state index contributed by atoms with van der Waals surface area (Å²) in [7, 11) is 1.53. The fraction of sp³-hybridized carbons (Fsp3) is 0.667. The number of ether oxygens (including phenoxy) is 1. The summed E-state index contributed by atoms with van der Waals surface area (Å²) in [4.78, 5) is 38.9. The molecule has 1 rings (SSSR count). The fourth-order valence-electron chi connectivity index (χ4n) is 2.39. The summed E-state index contributed by atoms with van der Waals surface area (Å²) < 4.78 is 6.37. The van der Waals surface area contributed by atoms with Gasteiger partial charge in [0.25, 0.3) is 5.56 Å². The molecule has 1 heterocycles. The lowest BCUT2D eigenvalue weighted by atomic mass is 10.2. The number of aliphatic carboxylic acids is 1. The molecule has 0 fully saturated rings.